The average molecular weight is 435 g/mol. The standard InChI is InChI=1S/C27H51N3O/c1-4-6-7-8-9-10-11-12-13-14-15-16-17-18-19-20-21-27-29-23-25-30(27,5-2)24-22-28-26(3)31/h16-17H,4-15,18-25H2,1-3H3/p+1/b17-16+. The largest absolute Gasteiger partial charge is 0.351 e. The molecule has 4 nitrogen and oxygen atoms in total. The molecule has 1 unspecified atom stereocenters. The molecule has 0 radical (unpaired) electrons. The molecule has 31 heavy (non-hydrogen) atoms. The lowest BCUT2D eigenvalue weighted by Crippen LogP contribution is -2.54. The van der Waals surface area contributed by atoms with Crippen molar-refractivity contribution >= 4 is 11.7 Å². The van der Waals surface area contributed by atoms with Crippen LogP contribution in [0.4, 0.5) is 0 Å². The second-order valence-corrected chi connectivity index (χ2v) is 9.38. The van der Waals surface area contributed by atoms with Gasteiger partial charge in [-0.2, -0.15) is 0 Å². The normalized spacial score (nSPS) is 18.6. The zero-order valence-electron chi connectivity index (χ0n) is 21.1. The van der Waals surface area contributed by atoms with E-state index in [2.05, 4.69) is 31.3 Å². The van der Waals surface area contributed by atoms with E-state index in [1.807, 2.05) is 0 Å². The Morgan fingerprint density at radius 2 is 1.48 bits per heavy atom. The van der Waals surface area contributed by atoms with Crippen molar-refractivity contribution in [2.24, 2.45) is 4.99 Å². The summed E-state index contributed by atoms with van der Waals surface area (Å²) in [7, 11) is 0. The lowest BCUT2D eigenvalue weighted by atomic mass is 10.1. The van der Waals surface area contributed by atoms with Gasteiger partial charge < -0.3 is 5.32 Å². The quantitative estimate of drug-likeness (QED) is 0.128. The van der Waals surface area contributed by atoms with Gasteiger partial charge in [-0.1, -0.05) is 76.9 Å². The first kappa shape index (κ1) is 27.9. The predicted octanol–water partition coefficient (Wildman–Crippen LogP) is 6.80. The molecular weight excluding hydrogens is 382 g/mol. The Morgan fingerprint density at radius 3 is 2.06 bits per heavy atom. The number of quaternary nitrogens is 1. The highest BCUT2D eigenvalue weighted by atomic mass is 16.1. The van der Waals surface area contributed by atoms with Gasteiger partial charge in [-0.25, -0.2) is 4.99 Å². The van der Waals surface area contributed by atoms with E-state index in [1.54, 1.807) is 6.92 Å². The molecule has 1 aliphatic rings. The maximum absolute atomic E-state index is 11.2. The van der Waals surface area contributed by atoms with Gasteiger partial charge in [-0.15, -0.1) is 0 Å². The fraction of sp³-hybridized carbons (Fsp3) is 0.852. The molecule has 0 saturated heterocycles. The summed E-state index contributed by atoms with van der Waals surface area (Å²) >= 11 is 0. The second kappa shape index (κ2) is 18.4. The number of carbonyl (C=O) groups excluding carboxylic acids is 1. The molecule has 0 aromatic rings. The van der Waals surface area contributed by atoms with Crippen molar-refractivity contribution in [2.75, 3.05) is 32.7 Å². The summed E-state index contributed by atoms with van der Waals surface area (Å²) < 4.78 is 0.981. The summed E-state index contributed by atoms with van der Waals surface area (Å²) in [5.74, 6) is 1.43. The van der Waals surface area contributed by atoms with Gasteiger partial charge in [0.1, 0.15) is 13.1 Å². The molecule has 180 valence electrons. The molecule has 0 saturated carbocycles. The number of carbonyl (C=O) groups is 1. The fourth-order valence-corrected chi connectivity index (χ4v) is 4.68. The number of amides is 1. The van der Waals surface area contributed by atoms with E-state index >= 15 is 0 Å². The number of hydrogen-bond donors (Lipinski definition) is 1. The SMILES string of the molecule is CCCCCCCCCCCC/C=C/CCCCC1=NCC[N+]1(CC)CCNC(C)=O. The molecule has 0 aliphatic carbocycles. The van der Waals surface area contributed by atoms with Crippen LogP contribution in [0.15, 0.2) is 17.1 Å². The van der Waals surface area contributed by atoms with Crippen LogP contribution in [0.1, 0.15) is 117 Å². The van der Waals surface area contributed by atoms with Crippen LogP contribution in [0.25, 0.3) is 0 Å². The van der Waals surface area contributed by atoms with Crippen LogP contribution in [-0.4, -0.2) is 48.9 Å². The summed E-state index contributed by atoms with van der Waals surface area (Å²) in [6, 6.07) is 0. The molecule has 1 aliphatic heterocycles. The first-order chi connectivity index (χ1) is 15.1. The van der Waals surface area contributed by atoms with Gasteiger partial charge in [0.15, 0.2) is 5.84 Å². The summed E-state index contributed by atoms with van der Waals surface area (Å²) in [6.07, 6.45) is 25.0. The Labute approximate surface area is 193 Å². The van der Waals surface area contributed by atoms with Crippen LogP contribution in [0.5, 0.6) is 0 Å². The number of amidine groups is 1. The zero-order valence-corrected chi connectivity index (χ0v) is 21.1. The lowest BCUT2D eigenvalue weighted by Gasteiger charge is -2.33. The predicted molar refractivity (Wildman–Crippen MR) is 136 cm³/mol. The first-order valence-electron chi connectivity index (χ1n) is 13.4. The van der Waals surface area contributed by atoms with Crippen LogP contribution in [0.3, 0.4) is 0 Å². The fourth-order valence-electron chi connectivity index (χ4n) is 4.68. The third-order valence-corrected chi connectivity index (χ3v) is 6.80. The number of nitrogens with one attached hydrogen (secondary N) is 1. The van der Waals surface area contributed by atoms with Crippen molar-refractivity contribution in [2.45, 2.75) is 117 Å². The van der Waals surface area contributed by atoms with Crippen LogP contribution < -0.4 is 5.32 Å². The molecule has 1 atom stereocenters. The Bertz CT molecular complexity index is 515. The zero-order chi connectivity index (χ0) is 22.6. The van der Waals surface area contributed by atoms with Gasteiger partial charge in [0.25, 0.3) is 0 Å². The highest BCUT2D eigenvalue weighted by Gasteiger charge is 2.35. The third kappa shape index (κ3) is 13.1. The molecule has 0 fully saturated rings. The van der Waals surface area contributed by atoms with Crippen LogP contribution in [0.2, 0.25) is 0 Å². The third-order valence-electron chi connectivity index (χ3n) is 6.80. The van der Waals surface area contributed by atoms with E-state index in [1.165, 1.54) is 95.7 Å². The number of hydrogen-bond acceptors (Lipinski definition) is 2. The topological polar surface area (TPSA) is 41.5 Å². The Kier molecular flexibility index (Phi) is 16.6. The van der Waals surface area contributed by atoms with Crippen molar-refractivity contribution in [3.05, 3.63) is 12.2 Å². The minimum atomic E-state index is 0.0662. The summed E-state index contributed by atoms with van der Waals surface area (Å²) in [5.41, 5.74) is 0. The van der Waals surface area contributed by atoms with E-state index in [0.717, 1.165) is 43.6 Å². The molecule has 1 amide bonds. The molecule has 1 N–H and O–H groups in total. The van der Waals surface area contributed by atoms with Gasteiger partial charge in [0, 0.05) is 13.3 Å². The maximum Gasteiger partial charge on any atom is 0.217 e. The van der Waals surface area contributed by atoms with Crippen molar-refractivity contribution in [1.82, 2.24) is 5.32 Å². The van der Waals surface area contributed by atoms with E-state index < -0.39 is 0 Å². The van der Waals surface area contributed by atoms with Crippen molar-refractivity contribution in [3.63, 3.8) is 0 Å². The molecule has 0 aromatic carbocycles. The highest BCUT2D eigenvalue weighted by molar-refractivity contribution is 5.77. The van der Waals surface area contributed by atoms with E-state index in [-0.39, 0.29) is 5.91 Å². The van der Waals surface area contributed by atoms with E-state index in [9.17, 15) is 4.79 Å². The van der Waals surface area contributed by atoms with Crippen molar-refractivity contribution in [3.8, 4) is 0 Å². The first-order valence-corrected chi connectivity index (χ1v) is 13.4. The number of nitrogens with zero attached hydrogens (tertiary/aromatic N) is 2. The van der Waals surface area contributed by atoms with Crippen molar-refractivity contribution < 1.29 is 9.28 Å². The Hall–Kier alpha value is -1.16. The molecule has 0 spiro atoms. The molecule has 1 rings (SSSR count). The van der Waals surface area contributed by atoms with Gasteiger partial charge in [0.2, 0.25) is 5.91 Å². The molecule has 1 heterocycles. The molecule has 0 bridgehead atoms. The van der Waals surface area contributed by atoms with Crippen LogP contribution >= 0.6 is 0 Å². The van der Waals surface area contributed by atoms with Gasteiger partial charge >= 0.3 is 0 Å². The minimum absolute atomic E-state index is 0.0662. The molecule has 0 aromatic heterocycles. The van der Waals surface area contributed by atoms with E-state index in [4.69, 9.17) is 4.99 Å². The number of unbranched alkanes of at least 4 members (excludes halogenated alkanes) is 12. The van der Waals surface area contributed by atoms with Gasteiger partial charge in [-0.05, 0) is 39.0 Å². The summed E-state index contributed by atoms with van der Waals surface area (Å²) in [5, 5.41) is 2.96. The van der Waals surface area contributed by atoms with Gasteiger partial charge in [-0.3, -0.25) is 9.28 Å². The van der Waals surface area contributed by atoms with E-state index in [0.29, 0.717) is 0 Å². The van der Waals surface area contributed by atoms with Gasteiger partial charge in [0.05, 0.1) is 19.6 Å². The number of aliphatic imine (C=N–C) groups is 1. The van der Waals surface area contributed by atoms with Crippen LogP contribution in [0, 0.1) is 0 Å². The summed E-state index contributed by atoms with van der Waals surface area (Å²) in [4.78, 5) is 16.0. The lowest BCUT2D eigenvalue weighted by molar-refractivity contribution is -0.833. The number of rotatable bonds is 20. The molecular formula is C27H52N3O+. The minimum Gasteiger partial charge on any atom is -0.351 e. The number of likely N-dealkylation sites (N-methyl/N-ethyl adjacent to an activating group) is 1. The Balaban J connectivity index is 2.01. The summed E-state index contributed by atoms with van der Waals surface area (Å²) in [6.45, 7) is 11.0. The van der Waals surface area contributed by atoms with Crippen molar-refractivity contribution in [1.29, 1.82) is 0 Å². The maximum atomic E-state index is 11.2. The number of allylic oxidation sites excluding steroid dienone is 2. The highest BCUT2D eigenvalue weighted by Crippen LogP contribution is 2.19. The Morgan fingerprint density at radius 1 is 0.903 bits per heavy atom. The average Bonchev–Trinajstić information content (AvgIpc) is 3.16. The monoisotopic (exact) mass is 434 g/mol. The molecule has 4 heteroatoms. The van der Waals surface area contributed by atoms with Crippen LogP contribution in [-0.2, 0) is 4.79 Å². The smallest absolute Gasteiger partial charge is 0.217 e. The second-order valence-electron chi connectivity index (χ2n) is 9.38.